The van der Waals surface area contributed by atoms with Crippen LogP contribution in [-0.2, 0) is 22.6 Å². The first-order chi connectivity index (χ1) is 13.7. The van der Waals surface area contributed by atoms with Crippen LogP contribution in [-0.4, -0.2) is 28.8 Å². The highest BCUT2D eigenvalue weighted by Gasteiger charge is 2.27. The molecule has 2 aromatic rings. The molecule has 0 aliphatic rings. The number of hydrogen-bond donors (Lipinski definition) is 1. The van der Waals surface area contributed by atoms with Crippen LogP contribution in [0.25, 0.3) is 0 Å². The number of aryl methyl sites for hydroxylation is 2. The number of amides is 2. The van der Waals surface area contributed by atoms with Crippen molar-refractivity contribution in [3.05, 3.63) is 70.5 Å². The summed E-state index contributed by atoms with van der Waals surface area (Å²) in [5.41, 5.74) is 3.87. The quantitative estimate of drug-likeness (QED) is 0.720. The van der Waals surface area contributed by atoms with Gasteiger partial charge in [0, 0.05) is 12.6 Å². The van der Waals surface area contributed by atoms with Crippen LogP contribution in [0.1, 0.15) is 49.4 Å². The Bertz CT molecular complexity index is 848. The Morgan fingerprint density at radius 3 is 2.34 bits per heavy atom. The monoisotopic (exact) mass is 398 g/mol. The van der Waals surface area contributed by atoms with Gasteiger partial charge in [-0.15, -0.1) is 0 Å². The Morgan fingerprint density at radius 1 is 1.07 bits per heavy atom. The molecule has 0 spiro atoms. The Morgan fingerprint density at radius 2 is 1.72 bits per heavy atom. The molecule has 2 atom stereocenters. The molecule has 0 aliphatic carbocycles. The molecule has 2 amide bonds. The Kier molecular flexibility index (Phi) is 7.94. The summed E-state index contributed by atoms with van der Waals surface area (Å²) in [5, 5.41) is 2.95. The summed E-state index contributed by atoms with van der Waals surface area (Å²) in [6.45, 7) is 9.89. The van der Waals surface area contributed by atoms with Crippen molar-refractivity contribution in [1.82, 2.24) is 10.2 Å². The van der Waals surface area contributed by atoms with Crippen LogP contribution in [0.3, 0.4) is 0 Å². The molecule has 0 unspecified atom stereocenters. The summed E-state index contributed by atoms with van der Waals surface area (Å²) in [4.78, 5) is 27.5. The molecule has 0 fully saturated rings. The van der Waals surface area contributed by atoms with Crippen molar-refractivity contribution in [2.45, 2.75) is 66.1 Å². The number of benzene rings is 2. The lowest BCUT2D eigenvalue weighted by Gasteiger charge is -2.30. The molecule has 0 aliphatic heterocycles. The van der Waals surface area contributed by atoms with Crippen molar-refractivity contribution >= 4 is 11.8 Å². The minimum Gasteiger partial charge on any atom is -0.352 e. The maximum atomic E-state index is 13.3. The molecule has 5 heteroatoms. The van der Waals surface area contributed by atoms with Gasteiger partial charge in [0.15, 0.2) is 0 Å². The van der Waals surface area contributed by atoms with E-state index in [2.05, 4.69) is 5.32 Å². The van der Waals surface area contributed by atoms with Gasteiger partial charge in [-0.2, -0.15) is 0 Å². The average Bonchev–Trinajstić information content (AvgIpc) is 2.69. The highest BCUT2D eigenvalue weighted by Crippen LogP contribution is 2.16. The predicted molar refractivity (Wildman–Crippen MR) is 114 cm³/mol. The fourth-order valence-corrected chi connectivity index (χ4v) is 3.09. The van der Waals surface area contributed by atoms with Gasteiger partial charge < -0.3 is 10.2 Å². The van der Waals surface area contributed by atoms with Gasteiger partial charge >= 0.3 is 0 Å². The van der Waals surface area contributed by atoms with Gasteiger partial charge in [-0.1, -0.05) is 42.8 Å². The fraction of sp³-hybridized carbons (Fsp3) is 0.417. The fourth-order valence-electron chi connectivity index (χ4n) is 3.09. The standard InChI is InChI=1S/C24H31FN2O2/c1-6-18(4)26-24(29)19(5)27(15-20-9-11-22(25)12-10-20)23(28)14-21-13-16(2)7-8-17(21)3/h7-13,18-19H,6,14-15H2,1-5H3,(H,26,29)/t18-,19-/m1/s1. The van der Waals surface area contributed by atoms with Crippen molar-refractivity contribution in [2.75, 3.05) is 0 Å². The summed E-state index contributed by atoms with van der Waals surface area (Å²) in [6, 6.07) is 11.5. The van der Waals surface area contributed by atoms with Crippen molar-refractivity contribution in [1.29, 1.82) is 0 Å². The Balaban J connectivity index is 2.26. The first kappa shape index (κ1) is 22.6. The van der Waals surface area contributed by atoms with Crippen LogP contribution in [0, 0.1) is 19.7 Å². The molecule has 0 saturated carbocycles. The lowest BCUT2D eigenvalue weighted by Crippen LogP contribution is -2.49. The smallest absolute Gasteiger partial charge is 0.242 e. The van der Waals surface area contributed by atoms with Crippen LogP contribution in [0.2, 0.25) is 0 Å². The molecule has 156 valence electrons. The van der Waals surface area contributed by atoms with Gasteiger partial charge in [0.2, 0.25) is 11.8 Å². The van der Waals surface area contributed by atoms with Gasteiger partial charge in [0.05, 0.1) is 6.42 Å². The third-order valence-electron chi connectivity index (χ3n) is 5.28. The number of hydrogen-bond acceptors (Lipinski definition) is 2. The second-order valence-electron chi connectivity index (χ2n) is 7.75. The molecule has 0 radical (unpaired) electrons. The molecule has 0 bridgehead atoms. The summed E-state index contributed by atoms with van der Waals surface area (Å²) in [7, 11) is 0. The molecule has 2 rings (SSSR count). The number of nitrogens with one attached hydrogen (secondary N) is 1. The van der Waals surface area contributed by atoms with Crippen LogP contribution in [0.15, 0.2) is 42.5 Å². The van der Waals surface area contributed by atoms with Crippen molar-refractivity contribution < 1.29 is 14.0 Å². The van der Waals surface area contributed by atoms with E-state index in [1.54, 1.807) is 24.0 Å². The third kappa shape index (κ3) is 6.41. The molecular weight excluding hydrogens is 367 g/mol. The van der Waals surface area contributed by atoms with E-state index in [1.165, 1.54) is 12.1 Å². The van der Waals surface area contributed by atoms with E-state index in [-0.39, 0.29) is 36.6 Å². The number of carbonyl (C=O) groups is 2. The van der Waals surface area contributed by atoms with Crippen LogP contribution in [0.5, 0.6) is 0 Å². The van der Waals surface area contributed by atoms with E-state index in [0.717, 1.165) is 28.7 Å². The SMILES string of the molecule is CC[C@@H](C)NC(=O)[C@@H](C)N(Cc1ccc(F)cc1)C(=O)Cc1cc(C)ccc1C. The molecule has 0 aromatic heterocycles. The molecule has 4 nitrogen and oxygen atoms in total. The number of rotatable bonds is 8. The molecule has 1 N–H and O–H groups in total. The van der Waals surface area contributed by atoms with E-state index >= 15 is 0 Å². The van der Waals surface area contributed by atoms with Gasteiger partial charge in [0.1, 0.15) is 11.9 Å². The Hall–Kier alpha value is -2.69. The second kappa shape index (κ2) is 10.2. The van der Waals surface area contributed by atoms with E-state index in [1.807, 2.05) is 45.9 Å². The first-order valence-corrected chi connectivity index (χ1v) is 10.1. The zero-order valence-electron chi connectivity index (χ0n) is 18.0. The third-order valence-corrected chi connectivity index (χ3v) is 5.28. The normalized spacial score (nSPS) is 12.9. The van der Waals surface area contributed by atoms with E-state index in [4.69, 9.17) is 0 Å². The number of carbonyl (C=O) groups excluding carboxylic acids is 2. The average molecular weight is 399 g/mol. The number of halogens is 1. The van der Waals surface area contributed by atoms with Crippen LogP contribution < -0.4 is 5.32 Å². The molecule has 0 heterocycles. The summed E-state index contributed by atoms with van der Waals surface area (Å²) >= 11 is 0. The van der Waals surface area contributed by atoms with Crippen molar-refractivity contribution in [3.63, 3.8) is 0 Å². The lowest BCUT2D eigenvalue weighted by molar-refractivity contribution is -0.140. The summed E-state index contributed by atoms with van der Waals surface area (Å²) < 4.78 is 13.3. The van der Waals surface area contributed by atoms with E-state index < -0.39 is 6.04 Å². The summed E-state index contributed by atoms with van der Waals surface area (Å²) in [6.07, 6.45) is 1.03. The molecule has 2 aromatic carbocycles. The topological polar surface area (TPSA) is 49.4 Å². The first-order valence-electron chi connectivity index (χ1n) is 10.1. The van der Waals surface area contributed by atoms with Crippen molar-refractivity contribution in [2.24, 2.45) is 0 Å². The predicted octanol–water partition coefficient (Wildman–Crippen LogP) is 4.32. The number of nitrogens with zero attached hydrogens (tertiary/aromatic N) is 1. The van der Waals surface area contributed by atoms with Crippen LogP contribution >= 0.6 is 0 Å². The second-order valence-corrected chi connectivity index (χ2v) is 7.75. The van der Waals surface area contributed by atoms with Gasteiger partial charge in [0.25, 0.3) is 0 Å². The highest BCUT2D eigenvalue weighted by atomic mass is 19.1. The van der Waals surface area contributed by atoms with Gasteiger partial charge in [-0.05, 0) is 62.9 Å². The molecular formula is C24H31FN2O2. The maximum Gasteiger partial charge on any atom is 0.242 e. The van der Waals surface area contributed by atoms with Gasteiger partial charge in [-0.25, -0.2) is 4.39 Å². The zero-order chi connectivity index (χ0) is 21.6. The minimum atomic E-state index is -0.633. The zero-order valence-corrected chi connectivity index (χ0v) is 18.0. The lowest BCUT2D eigenvalue weighted by atomic mass is 10.0. The van der Waals surface area contributed by atoms with E-state index in [9.17, 15) is 14.0 Å². The van der Waals surface area contributed by atoms with Crippen molar-refractivity contribution in [3.8, 4) is 0 Å². The highest BCUT2D eigenvalue weighted by molar-refractivity contribution is 5.88. The largest absolute Gasteiger partial charge is 0.352 e. The van der Waals surface area contributed by atoms with Gasteiger partial charge in [-0.3, -0.25) is 9.59 Å². The molecule has 0 saturated heterocycles. The molecule has 29 heavy (non-hydrogen) atoms. The Labute approximate surface area is 173 Å². The summed E-state index contributed by atoms with van der Waals surface area (Å²) in [5.74, 6) is -0.643. The minimum absolute atomic E-state index is 0.0340. The van der Waals surface area contributed by atoms with Crippen LogP contribution in [0.4, 0.5) is 4.39 Å². The van der Waals surface area contributed by atoms with E-state index in [0.29, 0.717) is 0 Å². The maximum absolute atomic E-state index is 13.3.